The average molecular weight is 2170 g/mol. The monoisotopic (exact) mass is 2170 g/mol. The van der Waals surface area contributed by atoms with Crippen LogP contribution in [0.3, 0.4) is 0 Å². The first-order valence-corrected chi connectivity index (χ1v) is 51.4. The number of rotatable bonds is 29. The summed E-state index contributed by atoms with van der Waals surface area (Å²) in [4.78, 5) is 110. The number of sulfonamides is 4. The van der Waals surface area contributed by atoms with E-state index in [2.05, 4.69) is 43.3 Å². The number of fused-ring (bicyclic) bond motifs is 4. The lowest BCUT2D eigenvalue weighted by Crippen LogP contribution is -2.52. The minimum atomic E-state index is -4.34. The molecule has 4 aliphatic rings. The van der Waals surface area contributed by atoms with Crippen LogP contribution >= 0.6 is 15.9 Å². The summed E-state index contributed by atoms with van der Waals surface area (Å²) in [5.74, 6) is -1.65. The van der Waals surface area contributed by atoms with E-state index in [0.717, 1.165) is 14.9 Å². The number of amides is 12. The first-order chi connectivity index (χ1) is 70.5. The summed E-state index contributed by atoms with van der Waals surface area (Å²) >= 11 is 3.46. The highest BCUT2D eigenvalue weighted by Gasteiger charge is 2.37. The van der Waals surface area contributed by atoms with E-state index in [9.17, 15) is 90.5 Å². The summed E-state index contributed by atoms with van der Waals surface area (Å²) < 4.78 is 200. The summed E-state index contributed by atoms with van der Waals surface area (Å²) in [5.41, 5.74) is 5.52. The largest absolute Gasteiger partial charge is 0.497 e. The second kappa shape index (κ2) is 47.9. The minimum Gasteiger partial charge on any atom is -0.497 e. The Balaban J connectivity index is 0.000000165. The standard InChI is InChI=1S/C26H24N4O6S.C26H27N3O7S.C25H24BrN3O6S.C25H22F3N3O6S/c1-17-7-3-6-10-24(17)37(33,34)29-26(32)28-21(13-18-8-4-5-9-19(18)15-27)25(31)30(2)20-11-12-22-23(14-20)36-16-35-22;1-17-7-4-5-10-24(17)37(32,33)28-26(31)27-21(14-18-8-6-9-20(13-18)34-3)25(30)29(2)19-11-12-22-23(15-19)36-16-35-22;1-16-7-3-6-10-23(16)36(32,33)28-25(31)27-20(13-17-8-4-5-9-19(17)26)24(30)29(2)18-11-12-21-22(14-18)35-15-34-21;1-14-5-3-4-6-23(14)38(34,35)30-25(33)29-20(10-15-9-18(27)19(28)12-17(15)26)24(32)31(2)16-7-8-21-22(11-16)37-13-36-21/h3-12,14,21H,13,16H2,1-2H3,(H2,28,29,32);4-13,15,21H,14,16H2,1-3H3,(H2,27,28,31);3-12,14,20H,13,15H2,1-2H3,(H2,27,28,31);3-9,11-12,20H,10,13H2,1-2H3,(H2,29,30,33)/t2*21-;2*20-/m0000/s1. The van der Waals surface area contributed by atoms with Crippen molar-refractivity contribution in [1.82, 2.24) is 40.2 Å². The number of benzene rings is 12. The Hall–Kier alpha value is -16.6. The van der Waals surface area contributed by atoms with Crippen LogP contribution in [-0.2, 0) is 85.0 Å². The van der Waals surface area contributed by atoms with Crippen molar-refractivity contribution in [2.24, 2.45) is 0 Å². The molecule has 8 N–H and O–H groups in total. The number of nitrogens with zero attached hydrogens (tertiary/aromatic N) is 5. The number of aryl methyl sites for hydroxylation is 4. The Bertz CT molecular complexity index is 7630. The third-order valence-electron chi connectivity index (χ3n) is 23.2. The second-order valence-electron chi connectivity index (χ2n) is 33.2. The maximum absolute atomic E-state index is 14.4. The zero-order chi connectivity index (χ0) is 107. The van der Waals surface area contributed by atoms with Gasteiger partial charge in [-0.3, -0.25) is 19.2 Å². The molecule has 0 radical (unpaired) electrons. The minimum absolute atomic E-state index is 0.00836. The molecule has 772 valence electrons. The summed E-state index contributed by atoms with van der Waals surface area (Å²) in [6, 6.07) is 58.9. The molecule has 12 aromatic rings. The first-order valence-electron chi connectivity index (χ1n) is 44.7. The van der Waals surface area contributed by atoms with Crippen LogP contribution in [0.4, 0.5) is 55.1 Å². The number of anilines is 4. The Morgan fingerprint density at radius 3 is 0.946 bits per heavy atom. The van der Waals surface area contributed by atoms with Gasteiger partial charge in [-0.1, -0.05) is 137 Å². The number of halogens is 4. The molecular weight excluding hydrogens is 2070 g/mol. The fraction of sp³-hybridized carbons (Fsp3) is 0.206. The zero-order valence-electron chi connectivity index (χ0n) is 80.3. The molecule has 16 rings (SSSR count). The maximum atomic E-state index is 14.4. The molecule has 12 amide bonds. The van der Waals surface area contributed by atoms with E-state index in [0.29, 0.717) is 126 Å². The van der Waals surface area contributed by atoms with Gasteiger partial charge >= 0.3 is 24.1 Å². The molecule has 12 aromatic carbocycles. The predicted molar refractivity (Wildman–Crippen MR) is 539 cm³/mol. The number of hydrogen-bond donors (Lipinski definition) is 8. The Morgan fingerprint density at radius 1 is 0.338 bits per heavy atom. The molecule has 4 heterocycles. The Labute approximate surface area is 858 Å². The maximum Gasteiger partial charge on any atom is 0.329 e. The topological polar surface area (TPSA) is 489 Å². The van der Waals surface area contributed by atoms with Crippen LogP contribution in [0.5, 0.6) is 51.7 Å². The van der Waals surface area contributed by atoms with Gasteiger partial charge in [-0.15, -0.1) is 0 Å². The highest BCUT2D eigenvalue weighted by Crippen LogP contribution is 2.40. The third-order valence-corrected chi connectivity index (χ3v) is 29.9. The van der Waals surface area contributed by atoms with Crippen LogP contribution < -0.4 is 102 Å². The number of urea groups is 4. The van der Waals surface area contributed by atoms with E-state index < -0.39 is 141 Å². The van der Waals surface area contributed by atoms with Crippen LogP contribution in [0.25, 0.3) is 0 Å². The van der Waals surface area contributed by atoms with Crippen molar-refractivity contribution in [3.8, 4) is 57.8 Å². The van der Waals surface area contributed by atoms with Crippen LogP contribution in [-0.4, -0.2) is 168 Å². The number of carbonyl (C=O) groups excluding carboxylic acids is 8. The Kier molecular flexibility index (Phi) is 35.2. The van der Waals surface area contributed by atoms with Gasteiger partial charge in [0.25, 0.3) is 40.1 Å². The van der Waals surface area contributed by atoms with Gasteiger partial charge in [0.1, 0.15) is 35.7 Å². The molecular formula is C102H97BrF3N13O25S4. The van der Waals surface area contributed by atoms with Crippen LogP contribution in [0, 0.1) is 56.5 Å². The predicted octanol–water partition coefficient (Wildman–Crippen LogP) is 13.0. The molecule has 0 saturated heterocycles. The van der Waals surface area contributed by atoms with E-state index in [1.165, 1.54) is 91.4 Å². The number of carbonyl (C=O) groups is 8. The van der Waals surface area contributed by atoms with Crippen molar-refractivity contribution < 1.29 is 128 Å². The van der Waals surface area contributed by atoms with Gasteiger partial charge in [0.2, 0.25) is 50.8 Å². The second-order valence-corrected chi connectivity index (χ2v) is 40.7. The van der Waals surface area contributed by atoms with Gasteiger partial charge in [-0.25, -0.2) is 84.9 Å². The van der Waals surface area contributed by atoms with E-state index >= 15 is 0 Å². The zero-order valence-corrected chi connectivity index (χ0v) is 85.2. The van der Waals surface area contributed by atoms with Gasteiger partial charge in [-0.2, -0.15) is 5.26 Å². The fourth-order valence-corrected chi connectivity index (χ4v) is 20.5. The summed E-state index contributed by atoms with van der Waals surface area (Å²) in [6.07, 6.45) is -0.459. The molecule has 46 heteroatoms. The van der Waals surface area contributed by atoms with Gasteiger partial charge in [0.15, 0.2) is 57.6 Å². The van der Waals surface area contributed by atoms with Crippen molar-refractivity contribution in [2.45, 2.75) is 97.1 Å². The van der Waals surface area contributed by atoms with Crippen molar-refractivity contribution in [3.63, 3.8) is 0 Å². The molecule has 0 saturated carbocycles. The van der Waals surface area contributed by atoms with E-state index in [1.54, 1.807) is 205 Å². The van der Waals surface area contributed by atoms with Crippen molar-refractivity contribution in [3.05, 3.63) is 327 Å². The molecule has 4 aliphatic heterocycles. The lowest BCUT2D eigenvalue weighted by molar-refractivity contribution is -0.120. The fourth-order valence-electron chi connectivity index (χ4n) is 15.4. The van der Waals surface area contributed by atoms with E-state index in [-0.39, 0.29) is 66.0 Å². The molecule has 0 unspecified atom stereocenters. The van der Waals surface area contributed by atoms with Crippen molar-refractivity contribution in [1.29, 1.82) is 5.26 Å². The quantitative estimate of drug-likeness (QED) is 0.0202. The number of methoxy groups -OCH3 is 1. The van der Waals surface area contributed by atoms with Gasteiger partial charge in [0.05, 0.1) is 38.3 Å². The molecule has 38 nitrogen and oxygen atoms in total. The molecule has 0 aromatic heterocycles. The van der Waals surface area contributed by atoms with Crippen LogP contribution in [0.15, 0.2) is 279 Å². The molecule has 0 bridgehead atoms. The first kappa shape index (κ1) is 109. The molecule has 0 spiro atoms. The summed E-state index contributed by atoms with van der Waals surface area (Å²) in [6.45, 7) is 6.65. The van der Waals surface area contributed by atoms with Gasteiger partial charge in [0, 0.05) is 111 Å². The normalized spacial score (nSPS) is 13.0. The molecule has 0 fully saturated rings. The highest BCUT2D eigenvalue weighted by molar-refractivity contribution is 9.10. The number of likely N-dealkylation sites (N-methyl/N-ethyl adjacent to an activating group) is 4. The Morgan fingerprint density at radius 2 is 0.622 bits per heavy atom. The summed E-state index contributed by atoms with van der Waals surface area (Å²) in [7, 11) is -9.31. The smallest absolute Gasteiger partial charge is 0.329 e. The van der Waals surface area contributed by atoms with Gasteiger partial charge < -0.3 is 83.5 Å². The number of nitriles is 1. The molecule has 148 heavy (non-hydrogen) atoms. The summed E-state index contributed by atoms with van der Waals surface area (Å²) in [5, 5.41) is 19.3. The number of hydrogen-bond acceptors (Lipinski definition) is 26. The van der Waals surface area contributed by atoms with E-state index in [1.807, 2.05) is 43.2 Å². The number of nitrogens with one attached hydrogen (secondary N) is 8. The lowest BCUT2D eigenvalue weighted by Gasteiger charge is -2.25. The van der Waals surface area contributed by atoms with E-state index in [4.69, 9.17) is 42.6 Å². The van der Waals surface area contributed by atoms with Crippen LogP contribution in [0.1, 0.15) is 50.1 Å². The number of ether oxygens (including phenoxy) is 9. The highest BCUT2D eigenvalue weighted by atomic mass is 79.9. The average Bonchev–Trinajstić information content (AvgIpc) is 1.24. The molecule has 4 atom stereocenters. The van der Waals surface area contributed by atoms with Crippen molar-refractivity contribution >= 4 is 127 Å². The van der Waals surface area contributed by atoms with Gasteiger partial charge in [-0.05, 0) is 175 Å². The SMILES string of the molecule is COc1cccc(C[C@H](NC(=O)NS(=O)(=O)c2ccccc2C)C(=O)N(C)c2ccc3c(c2)OCO3)c1.Cc1ccccc1S(=O)(=O)NC(=O)N[C@@H](Cc1cc(F)c(F)cc1F)C(=O)N(C)c1ccc2c(c1)OCO2.Cc1ccccc1S(=O)(=O)NC(=O)N[C@@H](Cc1ccccc1Br)C(=O)N(C)c1ccc2c(c1)OCO2.Cc1ccccc1S(=O)(=O)NC(=O)N[C@@H](Cc1ccccc1C#N)C(=O)N(C)c1ccc2c(c1)OCO2. The molecule has 0 aliphatic carbocycles. The van der Waals surface area contributed by atoms with Crippen molar-refractivity contribution in [2.75, 3.05) is 82.1 Å². The third kappa shape index (κ3) is 27.3. The van der Waals surface area contributed by atoms with Crippen LogP contribution in [0.2, 0.25) is 0 Å². The lowest BCUT2D eigenvalue weighted by atomic mass is 10.00.